The molecule has 0 aliphatic heterocycles. The van der Waals surface area contributed by atoms with Gasteiger partial charge in [-0.3, -0.25) is 4.40 Å². The number of nitrogens with zero attached hydrogens (tertiary/aromatic N) is 2. The number of rotatable bonds is 2. The first-order valence-corrected chi connectivity index (χ1v) is 5.02. The maximum Gasteiger partial charge on any atom is 0.339 e. The van der Waals surface area contributed by atoms with Crippen molar-refractivity contribution in [1.82, 2.24) is 9.38 Å². The molecule has 0 fully saturated rings. The number of esters is 1. The topological polar surface area (TPSA) is 69.6 Å². The van der Waals surface area contributed by atoms with Crippen LogP contribution in [0.5, 0.6) is 0 Å². The van der Waals surface area contributed by atoms with Crippen molar-refractivity contribution in [2.75, 3.05) is 12.8 Å². The second-order valence-electron chi connectivity index (χ2n) is 3.43. The molecule has 0 amide bonds. The van der Waals surface area contributed by atoms with Crippen molar-refractivity contribution in [1.29, 1.82) is 0 Å². The van der Waals surface area contributed by atoms with Crippen molar-refractivity contribution in [3.8, 4) is 0 Å². The zero-order chi connectivity index (χ0) is 11.7. The van der Waals surface area contributed by atoms with Gasteiger partial charge < -0.3 is 10.5 Å². The molecule has 0 unspecified atom stereocenters. The zero-order valence-electron chi connectivity index (χ0n) is 9.23. The van der Waals surface area contributed by atoms with E-state index >= 15 is 0 Å². The number of pyridine rings is 1. The molecule has 5 heteroatoms. The summed E-state index contributed by atoms with van der Waals surface area (Å²) < 4.78 is 6.34. The third-order valence-corrected chi connectivity index (χ3v) is 2.49. The van der Waals surface area contributed by atoms with Crippen LogP contribution in [0.3, 0.4) is 0 Å². The second kappa shape index (κ2) is 3.84. The number of nitrogen functional groups attached to an aromatic ring is 1. The number of methoxy groups -OCH3 is 1. The fourth-order valence-corrected chi connectivity index (χ4v) is 1.61. The first-order valence-electron chi connectivity index (χ1n) is 5.02. The summed E-state index contributed by atoms with van der Waals surface area (Å²) >= 11 is 0. The lowest BCUT2D eigenvalue weighted by Gasteiger charge is -2.01. The van der Waals surface area contributed by atoms with Crippen LogP contribution in [0.15, 0.2) is 18.3 Å². The average molecular weight is 219 g/mol. The summed E-state index contributed by atoms with van der Waals surface area (Å²) in [6.45, 7) is 1.99. The van der Waals surface area contributed by atoms with Crippen LogP contribution in [0.25, 0.3) is 5.65 Å². The first-order chi connectivity index (χ1) is 7.67. The highest BCUT2D eigenvalue weighted by Gasteiger charge is 2.11. The Kier molecular flexibility index (Phi) is 2.52. The summed E-state index contributed by atoms with van der Waals surface area (Å²) in [5.74, 6) is 0.191. The van der Waals surface area contributed by atoms with Crippen molar-refractivity contribution >= 4 is 17.4 Å². The number of carbonyl (C=O) groups excluding carboxylic acids is 1. The van der Waals surface area contributed by atoms with E-state index in [0.29, 0.717) is 11.4 Å². The van der Waals surface area contributed by atoms with Crippen LogP contribution in [0.4, 0.5) is 5.82 Å². The Bertz CT molecular complexity index is 545. The summed E-state index contributed by atoms with van der Waals surface area (Å²) in [4.78, 5) is 15.7. The Balaban J connectivity index is 2.61. The SMILES string of the molecule is CCc1nc2ccc(C(=O)OC)cn2c1N. The number of aryl methyl sites for hydroxylation is 1. The highest BCUT2D eigenvalue weighted by atomic mass is 16.5. The Morgan fingerprint density at radius 2 is 2.31 bits per heavy atom. The third-order valence-electron chi connectivity index (χ3n) is 2.49. The number of anilines is 1. The summed E-state index contributed by atoms with van der Waals surface area (Å²) in [6, 6.07) is 3.43. The van der Waals surface area contributed by atoms with E-state index in [2.05, 4.69) is 9.72 Å². The molecule has 0 atom stereocenters. The first kappa shape index (κ1) is 10.5. The maximum absolute atomic E-state index is 11.3. The quantitative estimate of drug-likeness (QED) is 0.772. The van der Waals surface area contributed by atoms with Crippen molar-refractivity contribution in [3.05, 3.63) is 29.6 Å². The molecule has 84 valence electrons. The minimum atomic E-state index is -0.381. The van der Waals surface area contributed by atoms with E-state index < -0.39 is 0 Å². The molecule has 0 spiro atoms. The third kappa shape index (κ3) is 1.50. The smallest absolute Gasteiger partial charge is 0.339 e. The minimum absolute atomic E-state index is 0.381. The van der Waals surface area contributed by atoms with Crippen molar-refractivity contribution in [2.45, 2.75) is 13.3 Å². The average Bonchev–Trinajstić information content (AvgIpc) is 2.64. The summed E-state index contributed by atoms with van der Waals surface area (Å²) in [5.41, 5.74) is 7.94. The van der Waals surface area contributed by atoms with Gasteiger partial charge in [0.2, 0.25) is 0 Å². The molecule has 0 aliphatic rings. The van der Waals surface area contributed by atoms with Crippen molar-refractivity contribution in [2.24, 2.45) is 0 Å². The Morgan fingerprint density at radius 1 is 1.56 bits per heavy atom. The van der Waals surface area contributed by atoms with Gasteiger partial charge in [0.25, 0.3) is 0 Å². The monoisotopic (exact) mass is 219 g/mol. The van der Waals surface area contributed by atoms with Crippen LogP contribution in [0, 0.1) is 0 Å². The van der Waals surface area contributed by atoms with Gasteiger partial charge in [-0.15, -0.1) is 0 Å². The largest absolute Gasteiger partial charge is 0.465 e. The molecule has 0 aliphatic carbocycles. The lowest BCUT2D eigenvalue weighted by atomic mass is 10.3. The van der Waals surface area contributed by atoms with Gasteiger partial charge in [-0.1, -0.05) is 6.92 Å². The van der Waals surface area contributed by atoms with E-state index in [9.17, 15) is 4.79 Å². The molecule has 5 nitrogen and oxygen atoms in total. The summed E-state index contributed by atoms with van der Waals surface area (Å²) in [7, 11) is 1.35. The molecular formula is C11H13N3O2. The van der Waals surface area contributed by atoms with Crippen LogP contribution in [0.1, 0.15) is 23.0 Å². The second-order valence-corrected chi connectivity index (χ2v) is 3.43. The molecule has 0 bridgehead atoms. The van der Waals surface area contributed by atoms with Crippen LogP contribution in [-0.4, -0.2) is 22.5 Å². The van der Waals surface area contributed by atoms with E-state index in [-0.39, 0.29) is 5.97 Å². The van der Waals surface area contributed by atoms with Gasteiger partial charge in [0.1, 0.15) is 11.5 Å². The fraction of sp³-hybridized carbons (Fsp3) is 0.273. The molecule has 0 aromatic carbocycles. The van der Waals surface area contributed by atoms with Gasteiger partial charge in [-0.2, -0.15) is 0 Å². The molecule has 16 heavy (non-hydrogen) atoms. The summed E-state index contributed by atoms with van der Waals surface area (Å²) in [5, 5.41) is 0. The van der Waals surface area contributed by atoms with E-state index in [1.54, 1.807) is 22.7 Å². The zero-order valence-corrected chi connectivity index (χ0v) is 9.23. The van der Waals surface area contributed by atoms with Gasteiger partial charge in [0.05, 0.1) is 18.4 Å². The van der Waals surface area contributed by atoms with Crippen LogP contribution in [-0.2, 0) is 11.2 Å². The van der Waals surface area contributed by atoms with Gasteiger partial charge in [0.15, 0.2) is 0 Å². The van der Waals surface area contributed by atoms with E-state index in [1.165, 1.54) is 7.11 Å². The van der Waals surface area contributed by atoms with Crippen molar-refractivity contribution < 1.29 is 9.53 Å². The maximum atomic E-state index is 11.3. The summed E-state index contributed by atoms with van der Waals surface area (Å²) in [6.07, 6.45) is 2.41. The number of fused-ring (bicyclic) bond motifs is 1. The predicted molar refractivity (Wildman–Crippen MR) is 60.3 cm³/mol. The lowest BCUT2D eigenvalue weighted by Crippen LogP contribution is -2.03. The fourth-order valence-electron chi connectivity index (χ4n) is 1.61. The van der Waals surface area contributed by atoms with Gasteiger partial charge >= 0.3 is 5.97 Å². The lowest BCUT2D eigenvalue weighted by molar-refractivity contribution is 0.0600. The highest BCUT2D eigenvalue weighted by Crippen LogP contribution is 2.16. The predicted octanol–water partition coefficient (Wildman–Crippen LogP) is 1.27. The number of aromatic nitrogens is 2. The number of hydrogen-bond acceptors (Lipinski definition) is 4. The normalized spacial score (nSPS) is 10.6. The van der Waals surface area contributed by atoms with Gasteiger partial charge in [-0.05, 0) is 18.6 Å². The van der Waals surface area contributed by atoms with E-state index in [0.717, 1.165) is 17.8 Å². The van der Waals surface area contributed by atoms with Crippen LogP contribution < -0.4 is 5.73 Å². The standard InChI is InChI=1S/C11H13N3O2/c1-3-8-10(12)14-6-7(11(15)16-2)4-5-9(14)13-8/h4-6H,3,12H2,1-2H3. The molecule has 0 saturated heterocycles. The van der Waals surface area contributed by atoms with Gasteiger partial charge in [-0.25, -0.2) is 9.78 Å². The molecule has 0 radical (unpaired) electrons. The molecular weight excluding hydrogens is 206 g/mol. The Labute approximate surface area is 92.8 Å². The molecule has 2 aromatic heterocycles. The molecule has 2 rings (SSSR count). The van der Waals surface area contributed by atoms with Gasteiger partial charge in [0, 0.05) is 6.20 Å². The minimum Gasteiger partial charge on any atom is -0.465 e. The molecule has 2 heterocycles. The van der Waals surface area contributed by atoms with Crippen LogP contribution >= 0.6 is 0 Å². The van der Waals surface area contributed by atoms with Crippen molar-refractivity contribution in [3.63, 3.8) is 0 Å². The highest BCUT2D eigenvalue weighted by molar-refractivity contribution is 5.89. The Hall–Kier alpha value is -2.04. The number of imidazole rings is 1. The van der Waals surface area contributed by atoms with E-state index in [4.69, 9.17) is 5.73 Å². The number of ether oxygens (including phenoxy) is 1. The number of hydrogen-bond donors (Lipinski definition) is 1. The number of carbonyl (C=O) groups is 1. The van der Waals surface area contributed by atoms with Crippen LogP contribution in [0.2, 0.25) is 0 Å². The number of nitrogens with two attached hydrogens (primary N) is 1. The molecule has 0 saturated carbocycles. The molecule has 2 N–H and O–H groups in total. The Morgan fingerprint density at radius 3 is 2.94 bits per heavy atom. The molecule has 2 aromatic rings. The van der Waals surface area contributed by atoms with E-state index in [1.807, 2.05) is 6.92 Å².